The van der Waals surface area contributed by atoms with E-state index in [0.717, 1.165) is 9.46 Å². The predicted octanol–water partition coefficient (Wildman–Crippen LogP) is 0.915. The van der Waals surface area contributed by atoms with Gasteiger partial charge in [-0.2, -0.15) is 0 Å². The van der Waals surface area contributed by atoms with Crippen LogP contribution in [0, 0.1) is 0 Å². The Balaban J connectivity index is 1.50. The summed E-state index contributed by atoms with van der Waals surface area (Å²) in [6, 6.07) is 15.3. The maximum atomic E-state index is 13.4. The minimum Gasteiger partial charge on any atom is -0.506 e. The highest BCUT2D eigenvalue weighted by molar-refractivity contribution is 6.03. The van der Waals surface area contributed by atoms with E-state index in [9.17, 15) is 33.9 Å². The van der Waals surface area contributed by atoms with Crippen molar-refractivity contribution in [2.75, 3.05) is 20.2 Å². The van der Waals surface area contributed by atoms with E-state index in [1.165, 1.54) is 49.7 Å². The Bertz CT molecular complexity index is 2240. The molecule has 0 spiro atoms. The summed E-state index contributed by atoms with van der Waals surface area (Å²) in [5.74, 6) is -5.37. The van der Waals surface area contributed by atoms with Crippen LogP contribution < -0.4 is 36.2 Å². The Labute approximate surface area is 274 Å². The molecule has 0 saturated carbocycles. The highest BCUT2D eigenvalue weighted by atomic mass is 16.7. The number of aromatic nitrogens is 3. The number of hydrogen-bond acceptors (Lipinski definition) is 11. The topological polar surface area (TPSA) is 238 Å². The van der Waals surface area contributed by atoms with Crippen molar-refractivity contribution >= 4 is 45.7 Å². The van der Waals surface area contributed by atoms with E-state index in [1.807, 2.05) is 0 Å². The number of pyridine rings is 3. The summed E-state index contributed by atoms with van der Waals surface area (Å²) in [5, 5.41) is 33.3. The lowest BCUT2D eigenvalue weighted by Crippen LogP contribution is -2.37. The van der Waals surface area contributed by atoms with Crippen molar-refractivity contribution < 1.29 is 48.9 Å². The van der Waals surface area contributed by atoms with Crippen LogP contribution in [0.5, 0.6) is 17.2 Å². The summed E-state index contributed by atoms with van der Waals surface area (Å²) in [4.78, 5) is 89.9. The van der Waals surface area contributed by atoms with Crippen LogP contribution in [-0.2, 0) is 16.2 Å². The average Bonchev–Trinajstić information content (AvgIpc) is 3.07. The maximum absolute atomic E-state index is 13.4. The second-order valence-corrected chi connectivity index (χ2v) is 10.2. The van der Waals surface area contributed by atoms with Gasteiger partial charge in [-0.25, -0.2) is 0 Å². The first kappa shape index (κ1) is 33.5. The summed E-state index contributed by atoms with van der Waals surface area (Å²) in [6.45, 7) is -1.36. The number of aliphatic carboxylic acids is 2. The highest BCUT2D eigenvalue weighted by Crippen LogP contribution is 2.31. The molecule has 0 bridgehead atoms. The Morgan fingerprint density at radius 3 is 2.29 bits per heavy atom. The van der Waals surface area contributed by atoms with E-state index in [1.54, 1.807) is 24.3 Å². The van der Waals surface area contributed by atoms with Gasteiger partial charge in [-0.3, -0.25) is 33.8 Å². The molecule has 252 valence electrons. The monoisotopic (exact) mass is 673 g/mol. The van der Waals surface area contributed by atoms with E-state index in [4.69, 9.17) is 24.6 Å². The van der Waals surface area contributed by atoms with Gasteiger partial charge in [0, 0.05) is 18.1 Å². The Kier molecular flexibility index (Phi) is 9.72. The number of ether oxygens (including phenoxy) is 1. The zero-order valence-corrected chi connectivity index (χ0v) is 25.5. The number of carbonyl (C=O) groups is 4. The second kappa shape index (κ2) is 14.2. The molecule has 2 amide bonds. The summed E-state index contributed by atoms with van der Waals surface area (Å²) in [7, 11) is 1.20. The van der Waals surface area contributed by atoms with Crippen LogP contribution in [0.4, 0.5) is 0 Å². The number of aromatic hydroxyl groups is 1. The van der Waals surface area contributed by atoms with E-state index in [-0.39, 0.29) is 46.6 Å². The van der Waals surface area contributed by atoms with Crippen LogP contribution in [0.1, 0.15) is 32.7 Å². The molecule has 5 aromatic rings. The molecule has 3 aromatic heterocycles. The number of nitrogens with zero attached hydrogens (tertiary/aromatic N) is 3. The number of carboxylic acids is 2. The Morgan fingerprint density at radius 1 is 0.837 bits per heavy atom. The highest BCUT2D eigenvalue weighted by Gasteiger charge is 2.27. The molecule has 0 atom stereocenters. The molecule has 17 nitrogen and oxygen atoms in total. The van der Waals surface area contributed by atoms with E-state index in [2.05, 4.69) is 15.6 Å². The van der Waals surface area contributed by atoms with Crippen molar-refractivity contribution in [3.8, 4) is 17.2 Å². The number of fused-ring (bicyclic) bond motifs is 2. The van der Waals surface area contributed by atoms with Crippen molar-refractivity contribution in [3.05, 3.63) is 104 Å². The third kappa shape index (κ3) is 6.94. The molecular weight excluding hydrogens is 646 g/mol. The largest absolute Gasteiger partial charge is 0.506 e. The van der Waals surface area contributed by atoms with Gasteiger partial charge in [-0.15, -0.1) is 9.46 Å². The molecule has 0 aliphatic heterocycles. The lowest BCUT2D eigenvalue weighted by Gasteiger charge is -2.17. The van der Waals surface area contributed by atoms with Crippen LogP contribution in [0.25, 0.3) is 21.9 Å². The number of amides is 2. The van der Waals surface area contributed by atoms with Gasteiger partial charge in [-0.1, -0.05) is 24.3 Å². The zero-order valence-electron chi connectivity index (χ0n) is 25.5. The smallest absolute Gasteiger partial charge is 0.322 e. The molecule has 5 N–H and O–H groups in total. The molecule has 2 aromatic carbocycles. The van der Waals surface area contributed by atoms with Crippen LogP contribution >= 0.6 is 0 Å². The minimum atomic E-state index is -1.35. The minimum absolute atomic E-state index is 0.0438. The lowest BCUT2D eigenvalue weighted by atomic mass is 10.1. The summed E-state index contributed by atoms with van der Waals surface area (Å²) < 4.78 is 7.68. The Morgan fingerprint density at radius 2 is 1.55 bits per heavy atom. The number of benzene rings is 2. The van der Waals surface area contributed by atoms with E-state index in [0.29, 0.717) is 5.56 Å². The fourth-order valence-corrected chi connectivity index (χ4v) is 4.85. The maximum Gasteiger partial charge on any atom is 0.322 e. The summed E-state index contributed by atoms with van der Waals surface area (Å²) in [6.07, 6.45) is 0.984. The lowest BCUT2D eigenvalue weighted by molar-refractivity contribution is -0.137. The SMILES string of the molecule is COn1c(=O)c(C(=O)NCC(=O)O)c(Oc2cccc(COn3c(=O)c(C(=O)NCCC(=O)O)c(O)c4ccccc43)c2)c2ncccc21. The van der Waals surface area contributed by atoms with Crippen molar-refractivity contribution in [2.24, 2.45) is 0 Å². The molecule has 0 saturated heterocycles. The summed E-state index contributed by atoms with van der Waals surface area (Å²) in [5.41, 5.74) is -2.44. The van der Waals surface area contributed by atoms with Crippen LogP contribution in [0.15, 0.2) is 76.4 Å². The molecule has 0 aliphatic carbocycles. The second-order valence-electron chi connectivity index (χ2n) is 10.2. The number of hydrogen-bond donors (Lipinski definition) is 5. The summed E-state index contributed by atoms with van der Waals surface area (Å²) >= 11 is 0. The van der Waals surface area contributed by atoms with Gasteiger partial charge in [0.05, 0.1) is 11.9 Å². The van der Waals surface area contributed by atoms with Gasteiger partial charge in [0.1, 0.15) is 48.4 Å². The van der Waals surface area contributed by atoms with Crippen molar-refractivity contribution in [3.63, 3.8) is 0 Å². The first-order valence-electron chi connectivity index (χ1n) is 14.4. The number of carboxylic acid groups (broad SMARTS) is 2. The van der Waals surface area contributed by atoms with E-state index < -0.39 is 64.7 Å². The van der Waals surface area contributed by atoms with Crippen molar-refractivity contribution in [1.82, 2.24) is 25.1 Å². The zero-order chi connectivity index (χ0) is 35.2. The van der Waals surface area contributed by atoms with Crippen molar-refractivity contribution in [2.45, 2.75) is 13.0 Å². The quantitative estimate of drug-likeness (QED) is 0.117. The van der Waals surface area contributed by atoms with Gasteiger partial charge in [0.15, 0.2) is 11.3 Å². The van der Waals surface area contributed by atoms with Crippen LogP contribution in [0.2, 0.25) is 0 Å². The molecule has 5 rings (SSSR count). The van der Waals surface area contributed by atoms with Gasteiger partial charge < -0.3 is 40.4 Å². The first-order chi connectivity index (χ1) is 23.5. The van der Waals surface area contributed by atoms with Gasteiger partial charge >= 0.3 is 11.9 Å². The molecule has 0 aliphatic rings. The van der Waals surface area contributed by atoms with Gasteiger partial charge in [0.2, 0.25) is 0 Å². The Hall–Kier alpha value is -6.91. The molecule has 0 unspecified atom stereocenters. The fourth-order valence-electron chi connectivity index (χ4n) is 4.85. The normalized spacial score (nSPS) is 10.8. The molecule has 0 radical (unpaired) electrons. The van der Waals surface area contributed by atoms with Gasteiger partial charge in [-0.05, 0) is 42.0 Å². The number of carbonyl (C=O) groups excluding carboxylic acids is 2. The first-order valence-corrected chi connectivity index (χ1v) is 14.4. The predicted molar refractivity (Wildman–Crippen MR) is 170 cm³/mol. The molecule has 49 heavy (non-hydrogen) atoms. The van der Waals surface area contributed by atoms with Crippen LogP contribution in [-0.4, -0.2) is 73.7 Å². The fraction of sp³-hybridized carbons (Fsp3) is 0.156. The number of nitrogens with one attached hydrogen (secondary N) is 2. The van der Waals surface area contributed by atoms with Gasteiger partial charge in [0.25, 0.3) is 22.9 Å². The molecule has 17 heteroatoms. The van der Waals surface area contributed by atoms with Crippen LogP contribution in [0.3, 0.4) is 0 Å². The molecular formula is C32H27N5O12. The number of para-hydroxylation sites is 1. The number of rotatable bonds is 13. The standard InChI is InChI=1S/C32H27N5O12/c1-47-36-21-10-5-12-33-26(21)28(25(32(36)46)30(44)35-15-23(40)41)49-18-7-4-6-17(14-18)16-48-37-20-9-3-2-8-19(20)27(42)24(31(37)45)29(43)34-13-11-22(38)39/h2-10,12,14,42H,11,13,15-16H2,1H3,(H,34,43)(H,35,44)(H,38,39)(H,40,41). The molecule has 0 fully saturated rings. The third-order valence-corrected chi connectivity index (χ3v) is 7.00. The van der Waals surface area contributed by atoms with E-state index >= 15 is 0 Å². The molecule has 3 heterocycles. The third-order valence-electron chi connectivity index (χ3n) is 7.00. The van der Waals surface area contributed by atoms with Crippen molar-refractivity contribution in [1.29, 1.82) is 0 Å². The average molecular weight is 674 g/mol.